The van der Waals surface area contributed by atoms with Crippen LogP contribution in [0.25, 0.3) is 0 Å². The quantitative estimate of drug-likeness (QED) is 0.789. The Morgan fingerprint density at radius 2 is 2.04 bits per heavy atom. The highest BCUT2D eigenvalue weighted by atomic mass is 16.5. The first kappa shape index (κ1) is 18.9. The van der Waals surface area contributed by atoms with Crippen LogP contribution < -0.4 is 20.3 Å². The second-order valence-electron chi connectivity index (χ2n) is 6.55. The Hall–Kier alpha value is -2.86. The van der Waals surface area contributed by atoms with E-state index >= 15 is 0 Å². The summed E-state index contributed by atoms with van der Waals surface area (Å²) < 4.78 is 5.34. The minimum Gasteiger partial charge on any atom is -0.495 e. The summed E-state index contributed by atoms with van der Waals surface area (Å²) in [6.45, 7) is 4.04. The second-order valence-corrected chi connectivity index (χ2v) is 6.55. The van der Waals surface area contributed by atoms with E-state index < -0.39 is 0 Å². The molecule has 0 radical (unpaired) electrons. The molecule has 1 unspecified atom stereocenters. The number of benzene rings is 2. The van der Waals surface area contributed by atoms with Gasteiger partial charge in [-0.25, -0.2) is 0 Å². The van der Waals surface area contributed by atoms with Crippen LogP contribution in [0.3, 0.4) is 0 Å². The normalized spacial score (nSPS) is 16.4. The summed E-state index contributed by atoms with van der Waals surface area (Å²) in [6.07, 6.45) is 0.195. The van der Waals surface area contributed by atoms with Crippen LogP contribution in [0.5, 0.6) is 5.75 Å². The Bertz CT molecular complexity index is 822. The highest BCUT2D eigenvalue weighted by Crippen LogP contribution is 2.33. The van der Waals surface area contributed by atoms with Crippen LogP contribution in [0.2, 0.25) is 0 Å². The predicted octanol–water partition coefficient (Wildman–Crippen LogP) is 2.80. The second kappa shape index (κ2) is 8.68. The van der Waals surface area contributed by atoms with Crippen LogP contribution in [-0.4, -0.2) is 32.0 Å². The number of rotatable bonds is 7. The van der Waals surface area contributed by atoms with Gasteiger partial charge in [0.2, 0.25) is 11.8 Å². The lowest BCUT2D eigenvalue weighted by molar-refractivity contribution is -0.122. The third kappa shape index (κ3) is 4.46. The van der Waals surface area contributed by atoms with Crippen molar-refractivity contribution < 1.29 is 14.3 Å². The molecule has 1 atom stereocenters. The Kier molecular flexibility index (Phi) is 6.08. The van der Waals surface area contributed by atoms with E-state index in [9.17, 15) is 9.59 Å². The molecule has 3 rings (SSSR count). The largest absolute Gasteiger partial charge is 0.495 e. The molecule has 142 valence electrons. The Labute approximate surface area is 159 Å². The van der Waals surface area contributed by atoms with Crippen molar-refractivity contribution in [2.45, 2.75) is 19.9 Å². The molecule has 27 heavy (non-hydrogen) atoms. The highest BCUT2D eigenvalue weighted by Gasteiger charge is 2.36. The average molecular weight is 367 g/mol. The van der Waals surface area contributed by atoms with E-state index in [0.29, 0.717) is 18.0 Å². The molecule has 0 aliphatic carbocycles. The van der Waals surface area contributed by atoms with Gasteiger partial charge < -0.3 is 20.3 Å². The van der Waals surface area contributed by atoms with E-state index in [4.69, 9.17) is 4.74 Å². The fourth-order valence-electron chi connectivity index (χ4n) is 3.24. The Morgan fingerprint density at radius 1 is 1.22 bits per heavy atom. The maximum atomic E-state index is 12.7. The van der Waals surface area contributed by atoms with Gasteiger partial charge in [-0.3, -0.25) is 9.59 Å². The molecule has 2 aromatic rings. The molecule has 1 aliphatic heterocycles. The van der Waals surface area contributed by atoms with Gasteiger partial charge in [0.05, 0.1) is 18.7 Å². The summed E-state index contributed by atoms with van der Waals surface area (Å²) in [4.78, 5) is 26.8. The minimum absolute atomic E-state index is 0.0689. The number of amides is 2. The van der Waals surface area contributed by atoms with Crippen LogP contribution in [0.1, 0.15) is 18.9 Å². The molecule has 0 saturated carbocycles. The first-order chi connectivity index (χ1) is 13.1. The summed E-state index contributed by atoms with van der Waals surface area (Å²) in [5.41, 5.74) is 2.55. The molecular formula is C21H25N3O3. The number of nitrogens with zero attached hydrogens (tertiary/aromatic N) is 1. The monoisotopic (exact) mass is 367 g/mol. The van der Waals surface area contributed by atoms with E-state index in [-0.39, 0.29) is 24.2 Å². The van der Waals surface area contributed by atoms with Crippen molar-refractivity contribution in [2.24, 2.45) is 5.92 Å². The highest BCUT2D eigenvalue weighted by molar-refractivity contribution is 6.04. The number of carbonyl (C=O) groups excluding carboxylic acids is 2. The van der Waals surface area contributed by atoms with Crippen molar-refractivity contribution in [1.82, 2.24) is 5.32 Å². The lowest BCUT2D eigenvalue weighted by atomic mass is 10.1. The van der Waals surface area contributed by atoms with E-state index in [1.54, 1.807) is 12.0 Å². The first-order valence-electron chi connectivity index (χ1n) is 9.16. The number of hydrogen-bond acceptors (Lipinski definition) is 4. The molecule has 2 amide bonds. The van der Waals surface area contributed by atoms with Gasteiger partial charge in [0.25, 0.3) is 0 Å². The number of carbonyl (C=O) groups is 2. The third-order valence-corrected chi connectivity index (χ3v) is 4.65. The van der Waals surface area contributed by atoms with E-state index in [1.807, 2.05) is 48.5 Å². The molecule has 6 nitrogen and oxygen atoms in total. The smallest absolute Gasteiger partial charge is 0.229 e. The maximum absolute atomic E-state index is 12.7. The number of anilines is 2. The van der Waals surface area contributed by atoms with Gasteiger partial charge in [0.1, 0.15) is 5.75 Å². The molecule has 2 aromatic carbocycles. The molecule has 0 bridgehead atoms. The number of ether oxygens (including phenoxy) is 1. The molecule has 1 heterocycles. The zero-order chi connectivity index (χ0) is 19.2. The van der Waals surface area contributed by atoms with Gasteiger partial charge >= 0.3 is 0 Å². The van der Waals surface area contributed by atoms with Crippen LogP contribution >= 0.6 is 0 Å². The fourth-order valence-corrected chi connectivity index (χ4v) is 3.24. The van der Waals surface area contributed by atoms with Gasteiger partial charge in [-0.05, 0) is 36.4 Å². The van der Waals surface area contributed by atoms with Gasteiger partial charge in [0, 0.05) is 25.2 Å². The molecule has 0 spiro atoms. The molecular weight excluding hydrogens is 342 g/mol. The summed E-state index contributed by atoms with van der Waals surface area (Å²) in [7, 11) is 1.57. The SMILES string of the molecule is CCNCc1cccc(NC(=O)C2CC(=O)N(c3ccccc3OC)C2)c1. The molecule has 1 aliphatic rings. The first-order valence-corrected chi connectivity index (χ1v) is 9.16. The molecule has 1 saturated heterocycles. The average Bonchev–Trinajstić information content (AvgIpc) is 3.08. The van der Waals surface area contributed by atoms with Crippen LogP contribution in [-0.2, 0) is 16.1 Å². The molecule has 0 aromatic heterocycles. The van der Waals surface area contributed by atoms with Crippen LogP contribution in [0, 0.1) is 5.92 Å². The molecule has 2 N–H and O–H groups in total. The van der Waals surface area contributed by atoms with Crippen molar-refractivity contribution in [3.05, 3.63) is 54.1 Å². The summed E-state index contributed by atoms with van der Waals surface area (Å²) in [5.74, 6) is 0.0322. The molecule has 1 fully saturated rings. The zero-order valence-corrected chi connectivity index (χ0v) is 15.7. The lowest BCUT2D eigenvalue weighted by Crippen LogP contribution is -2.28. The number of nitrogens with one attached hydrogen (secondary N) is 2. The zero-order valence-electron chi connectivity index (χ0n) is 15.7. The Morgan fingerprint density at radius 3 is 2.81 bits per heavy atom. The molecule has 6 heteroatoms. The topological polar surface area (TPSA) is 70.7 Å². The van der Waals surface area contributed by atoms with Crippen LogP contribution in [0.15, 0.2) is 48.5 Å². The number of hydrogen-bond donors (Lipinski definition) is 2. The van der Waals surface area contributed by atoms with Crippen molar-refractivity contribution in [2.75, 3.05) is 30.4 Å². The number of methoxy groups -OCH3 is 1. The minimum atomic E-state index is -0.389. The summed E-state index contributed by atoms with van der Waals surface area (Å²) >= 11 is 0. The van der Waals surface area contributed by atoms with E-state index in [2.05, 4.69) is 17.6 Å². The fraction of sp³-hybridized carbons (Fsp3) is 0.333. The van der Waals surface area contributed by atoms with Gasteiger partial charge in [-0.15, -0.1) is 0 Å². The van der Waals surface area contributed by atoms with Gasteiger partial charge in [-0.1, -0.05) is 31.2 Å². The third-order valence-electron chi connectivity index (χ3n) is 4.65. The number of para-hydroxylation sites is 2. The van der Waals surface area contributed by atoms with E-state index in [1.165, 1.54) is 0 Å². The standard InChI is InChI=1S/C21H25N3O3/c1-3-22-13-15-7-6-8-17(11-15)23-21(26)16-12-20(25)24(14-16)18-9-4-5-10-19(18)27-2/h4-11,16,22H,3,12-14H2,1-2H3,(H,23,26). The maximum Gasteiger partial charge on any atom is 0.229 e. The Balaban J connectivity index is 1.67. The summed E-state index contributed by atoms with van der Waals surface area (Å²) in [5, 5.41) is 6.21. The predicted molar refractivity (Wildman–Crippen MR) is 106 cm³/mol. The summed E-state index contributed by atoms with van der Waals surface area (Å²) in [6, 6.07) is 15.1. The van der Waals surface area contributed by atoms with Crippen LogP contribution in [0.4, 0.5) is 11.4 Å². The van der Waals surface area contributed by atoms with E-state index in [0.717, 1.165) is 24.3 Å². The van der Waals surface area contributed by atoms with Crippen molar-refractivity contribution in [3.8, 4) is 5.75 Å². The van der Waals surface area contributed by atoms with Crippen molar-refractivity contribution in [3.63, 3.8) is 0 Å². The van der Waals surface area contributed by atoms with Gasteiger partial charge in [-0.2, -0.15) is 0 Å². The lowest BCUT2D eigenvalue weighted by Gasteiger charge is -2.19. The van der Waals surface area contributed by atoms with Crippen molar-refractivity contribution >= 4 is 23.2 Å². The van der Waals surface area contributed by atoms with Crippen molar-refractivity contribution in [1.29, 1.82) is 0 Å². The van der Waals surface area contributed by atoms with Gasteiger partial charge in [0.15, 0.2) is 0 Å².